The Labute approximate surface area is 113 Å². The molecule has 0 heterocycles. The molecule has 0 unspecified atom stereocenters. The van der Waals surface area contributed by atoms with E-state index in [2.05, 4.69) is 5.32 Å². The summed E-state index contributed by atoms with van der Waals surface area (Å²) in [5, 5.41) is 2.81. The number of amides is 1. The minimum absolute atomic E-state index is 0.0506. The van der Waals surface area contributed by atoms with Crippen molar-refractivity contribution in [1.29, 1.82) is 0 Å². The minimum atomic E-state index is -0.331. The number of hydrogen-bond donors (Lipinski definition) is 2. The number of aryl methyl sites for hydroxylation is 1. The summed E-state index contributed by atoms with van der Waals surface area (Å²) in [5.74, 6) is -0.289. The van der Waals surface area contributed by atoms with Crippen LogP contribution in [-0.4, -0.2) is 11.4 Å². The van der Waals surface area contributed by atoms with E-state index in [9.17, 15) is 9.18 Å². The third-order valence-electron chi connectivity index (χ3n) is 3.84. The van der Waals surface area contributed by atoms with E-state index in [1.807, 2.05) is 6.07 Å². The van der Waals surface area contributed by atoms with Crippen LogP contribution in [0.5, 0.6) is 0 Å². The van der Waals surface area contributed by atoms with Gasteiger partial charge in [0.2, 0.25) is 5.91 Å². The number of rotatable bonds is 4. The molecule has 19 heavy (non-hydrogen) atoms. The van der Waals surface area contributed by atoms with Crippen molar-refractivity contribution in [2.75, 3.05) is 0 Å². The minimum Gasteiger partial charge on any atom is -0.352 e. The van der Waals surface area contributed by atoms with Crippen LogP contribution >= 0.6 is 0 Å². The summed E-state index contributed by atoms with van der Waals surface area (Å²) in [6.07, 6.45) is 4.40. The zero-order chi connectivity index (χ0) is 13.9. The normalized spacial score (nSPS) is 17.4. The molecular formula is C15H21FN2O. The number of hydrogen-bond acceptors (Lipinski definition) is 2. The third-order valence-corrected chi connectivity index (χ3v) is 3.84. The molecule has 0 aromatic heterocycles. The van der Waals surface area contributed by atoms with Gasteiger partial charge in [-0.1, -0.05) is 25.0 Å². The molecule has 1 aliphatic carbocycles. The Balaban J connectivity index is 1.84. The third kappa shape index (κ3) is 3.77. The van der Waals surface area contributed by atoms with Crippen LogP contribution in [0, 0.1) is 12.7 Å². The van der Waals surface area contributed by atoms with Gasteiger partial charge in [-0.2, -0.15) is 0 Å². The number of carbonyl (C=O) groups is 1. The molecule has 1 aromatic rings. The Morgan fingerprint density at radius 1 is 1.42 bits per heavy atom. The van der Waals surface area contributed by atoms with Gasteiger partial charge in [0.1, 0.15) is 5.82 Å². The lowest BCUT2D eigenvalue weighted by Crippen LogP contribution is -2.42. The summed E-state index contributed by atoms with van der Waals surface area (Å²) in [5.41, 5.74) is 7.21. The predicted molar refractivity (Wildman–Crippen MR) is 73.0 cm³/mol. The predicted octanol–water partition coefficient (Wildman–Crippen LogP) is 2.41. The SMILES string of the molecule is Cc1ccc(CNC(=O)CC2(N)CCCC2)cc1F. The number of nitrogens with two attached hydrogens (primary N) is 1. The first-order valence-electron chi connectivity index (χ1n) is 6.79. The molecule has 2 rings (SSSR count). The van der Waals surface area contributed by atoms with Gasteiger partial charge in [0.05, 0.1) is 0 Å². The highest BCUT2D eigenvalue weighted by atomic mass is 19.1. The molecule has 1 fully saturated rings. The Bertz CT molecular complexity index is 467. The summed E-state index contributed by atoms with van der Waals surface area (Å²) < 4.78 is 13.4. The topological polar surface area (TPSA) is 55.1 Å². The molecule has 3 N–H and O–H groups in total. The fraction of sp³-hybridized carbons (Fsp3) is 0.533. The Hall–Kier alpha value is -1.42. The van der Waals surface area contributed by atoms with Crippen LogP contribution in [0.3, 0.4) is 0 Å². The van der Waals surface area contributed by atoms with Crippen LogP contribution < -0.4 is 11.1 Å². The zero-order valence-electron chi connectivity index (χ0n) is 11.3. The molecule has 104 valence electrons. The van der Waals surface area contributed by atoms with Gasteiger partial charge >= 0.3 is 0 Å². The smallest absolute Gasteiger partial charge is 0.222 e. The van der Waals surface area contributed by atoms with Gasteiger partial charge in [0.15, 0.2) is 0 Å². The maximum absolute atomic E-state index is 13.4. The molecule has 1 saturated carbocycles. The van der Waals surface area contributed by atoms with Crippen molar-refractivity contribution < 1.29 is 9.18 Å². The van der Waals surface area contributed by atoms with Gasteiger partial charge in [-0.25, -0.2) is 4.39 Å². The molecule has 4 heteroatoms. The summed E-state index contributed by atoms with van der Waals surface area (Å²) in [6.45, 7) is 2.07. The summed E-state index contributed by atoms with van der Waals surface area (Å²) in [6, 6.07) is 5.01. The van der Waals surface area contributed by atoms with E-state index >= 15 is 0 Å². The van der Waals surface area contributed by atoms with Crippen molar-refractivity contribution in [3.05, 3.63) is 35.1 Å². The van der Waals surface area contributed by atoms with Crippen molar-refractivity contribution in [1.82, 2.24) is 5.32 Å². The average Bonchev–Trinajstić information content (AvgIpc) is 2.77. The molecule has 0 aliphatic heterocycles. The van der Waals surface area contributed by atoms with Gasteiger partial charge < -0.3 is 11.1 Å². The van der Waals surface area contributed by atoms with Crippen molar-refractivity contribution in [2.45, 2.75) is 51.1 Å². The molecule has 0 atom stereocenters. The largest absolute Gasteiger partial charge is 0.352 e. The first kappa shape index (κ1) is 14.0. The Morgan fingerprint density at radius 3 is 2.74 bits per heavy atom. The van der Waals surface area contributed by atoms with Crippen molar-refractivity contribution >= 4 is 5.91 Å². The summed E-state index contributed by atoms with van der Waals surface area (Å²) >= 11 is 0. The van der Waals surface area contributed by atoms with Crippen molar-refractivity contribution in [3.8, 4) is 0 Å². The molecule has 0 spiro atoms. The van der Waals surface area contributed by atoms with E-state index in [0.717, 1.165) is 31.2 Å². The monoisotopic (exact) mass is 264 g/mol. The lowest BCUT2D eigenvalue weighted by molar-refractivity contribution is -0.122. The molecule has 1 aromatic carbocycles. The number of halogens is 1. The van der Waals surface area contributed by atoms with E-state index in [4.69, 9.17) is 5.73 Å². The molecule has 1 amide bonds. The standard InChI is InChI=1S/C15H21FN2O/c1-11-4-5-12(8-13(11)16)10-18-14(19)9-15(17)6-2-3-7-15/h4-5,8H,2-3,6-7,9-10,17H2,1H3,(H,18,19). The quantitative estimate of drug-likeness (QED) is 0.877. The molecular weight excluding hydrogens is 243 g/mol. The number of nitrogens with one attached hydrogen (secondary N) is 1. The fourth-order valence-electron chi connectivity index (χ4n) is 2.59. The van der Waals surface area contributed by atoms with Crippen molar-refractivity contribution in [2.24, 2.45) is 5.73 Å². The highest BCUT2D eigenvalue weighted by molar-refractivity contribution is 5.77. The maximum Gasteiger partial charge on any atom is 0.222 e. The van der Waals surface area contributed by atoms with Gasteiger partial charge in [0.25, 0.3) is 0 Å². The average molecular weight is 264 g/mol. The van der Waals surface area contributed by atoms with Gasteiger partial charge in [0, 0.05) is 18.5 Å². The zero-order valence-corrected chi connectivity index (χ0v) is 11.3. The van der Waals surface area contributed by atoms with E-state index in [0.29, 0.717) is 18.5 Å². The number of benzene rings is 1. The molecule has 3 nitrogen and oxygen atoms in total. The second-order valence-electron chi connectivity index (χ2n) is 5.61. The van der Waals surface area contributed by atoms with E-state index < -0.39 is 0 Å². The van der Waals surface area contributed by atoms with Gasteiger partial charge in [-0.05, 0) is 37.0 Å². The van der Waals surface area contributed by atoms with Crippen LogP contribution in [0.2, 0.25) is 0 Å². The first-order valence-corrected chi connectivity index (χ1v) is 6.79. The van der Waals surface area contributed by atoms with Crippen LogP contribution in [-0.2, 0) is 11.3 Å². The lowest BCUT2D eigenvalue weighted by Gasteiger charge is -2.22. The molecule has 0 bridgehead atoms. The second kappa shape index (κ2) is 5.70. The van der Waals surface area contributed by atoms with Crippen molar-refractivity contribution in [3.63, 3.8) is 0 Å². The number of carbonyl (C=O) groups excluding carboxylic acids is 1. The highest BCUT2D eigenvalue weighted by Crippen LogP contribution is 2.29. The molecule has 0 radical (unpaired) electrons. The summed E-state index contributed by atoms with van der Waals surface area (Å²) in [7, 11) is 0. The van der Waals surface area contributed by atoms with Crippen LogP contribution in [0.1, 0.15) is 43.2 Å². The van der Waals surface area contributed by atoms with Crippen LogP contribution in [0.4, 0.5) is 4.39 Å². The van der Waals surface area contributed by atoms with E-state index in [1.165, 1.54) is 6.07 Å². The molecule has 0 saturated heterocycles. The van der Waals surface area contributed by atoms with Crippen LogP contribution in [0.15, 0.2) is 18.2 Å². The van der Waals surface area contributed by atoms with E-state index in [1.54, 1.807) is 13.0 Å². The van der Waals surface area contributed by atoms with E-state index in [-0.39, 0.29) is 17.3 Å². The Kier molecular flexibility index (Phi) is 4.20. The lowest BCUT2D eigenvalue weighted by atomic mass is 9.94. The van der Waals surface area contributed by atoms with Gasteiger partial charge in [-0.15, -0.1) is 0 Å². The second-order valence-corrected chi connectivity index (χ2v) is 5.61. The fourth-order valence-corrected chi connectivity index (χ4v) is 2.59. The molecule has 1 aliphatic rings. The Morgan fingerprint density at radius 2 is 2.11 bits per heavy atom. The highest BCUT2D eigenvalue weighted by Gasteiger charge is 2.31. The van der Waals surface area contributed by atoms with Gasteiger partial charge in [-0.3, -0.25) is 4.79 Å². The first-order chi connectivity index (χ1) is 8.98. The maximum atomic E-state index is 13.4. The van der Waals surface area contributed by atoms with Crippen LogP contribution in [0.25, 0.3) is 0 Å². The summed E-state index contributed by atoms with van der Waals surface area (Å²) in [4.78, 5) is 11.8.